The van der Waals surface area contributed by atoms with Crippen molar-refractivity contribution in [2.75, 3.05) is 36.4 Å². The molecule has 6 nitrogen and oxygen atoms in total. The predicted octanol–water partition coefficient (Wildman–Crippen LogP) is 4.08. The highest BCUT2D eigenvalue weighted by Gasteiger charge is 2.22. The molecule has 30 heavy (non-hydrogen) atoms. The third-order valence-electron chi connectivity index (χ3n) is 5.10. The monoisotopic (exact) mass is 409 g/mol. The topological polar surface area (TPSA) is 61.4 Å². The maximum atomic E-state index is 13.7. The number of benzene rings is 2. The van der Waals surface area contributed by atoms with Crippen molar-refractivity contribution in [3.63, 3.8) is 0 Å². The second-order valence-electron chi connectivity index (χ2n) is 7.15. The summed E-state index contributed by atoms with van der Waals surface area (Å²) >= 11 is 0. The lowest BCUT2D eigenvalue weighted by molar-refractivity contribution is 0.208. The van der Waals surface area contributed by atoms with Crippen LogP contribution in [0.1, 0.15) is 5.56 Å². The number of piperazine rings is 1. The third kappa shape index (κ3) is 4.37. The Labute approximate surface area is 173 Å². The summed E-state index contributed by atoms with van der Waals surface area (Å²) in [6.07, 6.45) is 0. The lowest BCUT2D eigenvalue weighted by atomic mass is 10.1. The van der Waals surface area contributed by atoms with Crippen LogP contribution in [0.4, 0.5) is 25.1 Å². The average molecular weight is 409 g/mol. The highest BCUT2D eigenvalue weighted by atomic mass is 19.1. The largest absolute Gasteiger partial charge is 0.352 e. The van der Waals surface area contributed by atoms with Gasteiger partial charge in [-0.05, 0) is 61.0 Å². The maximum Gasteiger partial charge on any atom is 0.321 e. The smallest absolute Gasteiger partial charge is 0.321 e. The molecule has 2 amide bonds. The number of carbonyl (C=O) groups excluding carboxylic acids is 1. The van der Waals surface area contributed by atoms with Crippen LogP contribution in [-0.2, 0) is 0 Å². The second kappa shape index (κ2) is 8.44. The number of urea groups is 1. The van der Waals surface area contributed by atoms with Gasteiger partial charge in [0, 0.05) is 37.4 Å². The van der Waals surface area contributed by atoms with Crippen LogP contribution >= 0.6 is 0 Å². The fourth-order valence-corrected chi connectivity index (χ4v) is 3.28. The van der Waals surface area contributed by atoms with E-state index in [0.29, 0.717) is 43.1 Å². The molecule has 2 aromatic carbocycles. The minimum atomic E-state index is -0.347. The van der Waals surface area contributed by atoms with E-state index in [0.717, 1.165) is 11.4 Å². The molecular weight excluding hydrogens is 388 g/mol. The van der Waals surface area contributed by atoms with Gasteiger partial charge in [0.25, 0.3) is 0 Å². The van der Waals surface area contributed by atoms with Gasteiger partial charge in [0.1, 0.15) is 11.6 Å². The number of halogens is 2. The number of nitrogens with zero attached hydrogens (tertiary/aromatic N) is 4. The Morgan fingerprint density at radius 2 is 1.67 bits per heavy atom. The van der Waals surface area contributed by atoms with E-state index in [1.165, 1.54) is 18.2 Å². The van der Waals surface area contributed by atoms with Crippen LogP contribution in [0.3, 0.4) is 0 Å². The number of rotatable bonds is 3. The van der Waals surface area contributed by atoms with Gasteiger partial charge in [0.05, 0.1) is 5.69 Å². The zero-order chi connectivity index (χ0) is 21.1. The Kier molecular flexibility index (Phi) is 5.56. The molecule has 8 heteroatoms. The minimum Gasteiger partial charge on any atom is -0.352 e. The summed E-state index contributed by atoms with van der Waals surface area (Å²) < 4.78 is 26.7. The Hall–Kier alpha value is -3.55. The van der Waals surface area contributed by atoms with Gasteiger partial charge in [-0.2, -0.15) is 0 Å². The second-order valence-corrected chi connectivity index (χ2v) is 7.15. The van der Waals surface area contributed by atoms with Crippen LogP contribution in [-0.4, -0.2) is 47.3 Å². The summed E-state index contributed by atoms with van der Waals surface area (Å²) in [6, 6.07) is 14.2. The standard InChI is InChI=1S/C22H21F2N5O/c1-15-2-7-18(14-19(15)24)25-22(30)29-12-10-28(11-13-29)21-9-8-20(26-27-21)16-3-5-17(23)6-4-16/h2-9,14H,10-13H2,1H3,(H,25,30). The lowest BCUT2D eigenvalue weighted by Gasteiger charge is -2.35. The van der Waals surface area contributed by atoms with E-state index in [-0.39, 0.29) is 17.7 Å². The van der Waals surface area contributed by atoms with Crippen molar-refractivity contribution in [3.8, 4) is 11.3 Å². The van der Waals surface area contributed by atoms with Crippen LogP contribution in [0.25, 0.3) is 11.3 Å². The van der Waals surface area contributed by atoms with Crippen molar-refractivity contribution >= 4 is 17.5 Å². The Morgan fingerprint density at radius 1 is 0.933 bits per heavy atom. The SMILES string of the molecule is Cc1ccc(NC(=O)N2CCN(c3ccc(-c4ccc(F)cc4)nn3)CC2)cc1F. The maximum absolute atomic E-state index is 13.7. The first-order chi connectivity index (χ1) is 14.5. The van der Waals surface area contributed by atoms with E-state index >= 15 is 0 Å². The van der Waals surface area contributed by atoms with E-state index in [2.05, 4.69) is 20.4 Å². The van der Waals surface area contributed by atoms with Gasteiger partial charge >= 0.3 is 6.03 Å². The van der Waals surface area contributed by atoms with Gasteiger partial charge in [0.2, 0.25) is 0 Å². The molecular formula is C22H21F2N5O. The van der Waals surface area contributed by atoms with Crippen molar-refractivity contribution in [2.24, 2.45) is 0 Å². The van der Waals surface area contributed by atoms with Crippen LogP contribution in [0.5, 0.6) is 0 Å². The van der Waals surface area contributed by atoms with E-state index in [1.54, 1.807) is 36.1 Å². The van der Waals surface area contributed by atoms with E-state index in [9.17, 15) is 13.6 Å². The Balaban J connectivity index is 1.34. The van der Waals surface area contributed by atoms with Gasteiger partial charge in [-0.25, -0.2) is 13.6 Å². The number of hydrogen-bond acceptors (Lipinski definition) is 4. The molecule has 1 aliphatic rings. The van der Waals surface area contributed by atoms with Gasteiger partial charge in [-0.1, -0.05) is 6.07 Å². The fraction of sp³-hybridized carbons (Fsp3) is 0.227. The molecule has 1 aliphatic heterocycles. The predicted molar refractivity (Wildman–Crippen MR) is 111 cm³/mol. The number of nitrogens with one attached hydrogen (secondary N) is 1. The first kappa shape index (κ1) is 19.8. The molecule has 0 atom stereocenters. The molecule has 0 unspecified atom stereocenters. The average Bonchev–Trinajstić information content (AvgIpc) is 2.77. The van der Waals surface area contributed by atoms with Crippen LogP contribution in [0, 0.1) is 18.6 Å². The van der Waals surface area contributed by atoms with Crippen molar-refractivity contribution in [2.45, 2.75) is 6.92 Å². The van der Waals surface area contributed by atoms with Crippen LogP contribution in [0.15, 0.2) is 54.6 Å². The van der Waals surface area contributed by atoms with Gasteiger partial charge in [-0.3, -0.25) is 0 Å². The highest BCUT2D eigenvalue weighted by molar-refractivity contribution is 5.89. The number of aryl methyl sites for hydroxylation is 1. The number of aromatic nitrogens is 2. The molecule has 0 saturated carbocycles. The van der Waals surface area contributed by atoms with Gasteiger partial charge in [0.15, 0.2) is 5.82 Å². The molecule has 1 N–H and O–H groups in total. The molecule has 0 aliphatic carbocycles. The van der Waals surface area contributed by atoms with Crippen molar-refractivity contribution in [3.05, 3.63) is 71.8 Å². The molecule has 2 heterocycles. The number of amides is 2. The number of hydrogen-bond donors (Lipinski definition) is 1. The molecule has 0 spiro atoms. The Bertz CT molecular complexity index is 1030. The zero-order valence-corrected chi connectivity index (χ0v) is 16.5. The Morgan fingerprint density at radius 3 is 2.30 bits per heavy atom. The molecule has 3 aromatic rings. The molecule has 1 saturated heterocycles. The number of carbonyl (C=O) groups is 1. The molecule has 1 aromatic heterocycles. The van der Waals surface area contributed by atoms with Crippen LogP contribution in [0.2, 0.25) is 0 Å². The molecule has 0 radical (unpaired) electrons. The molecule has 154 valence electrons. The molecule has 1 fully saturated rings. The summed E-state index contributed by atoms with van der Waals surface area (Å²) in [4.78, 5) is 16.2. The summed E-state index contributed by atoms with van der Waals surface area (Å²) in [6.45, 7) is 3.93. The lowest BCUT2D eigenvalue weighted by Crippen LogP contribution is -2.50. The van der Waals surface area contributed by atoms with E-state index < -0.39 is 0 Å². The zero-order valence-electron chi connectivity index (χ0n) is 16.5. The fourth-order valence-electron chi connectivity index (χ4n) is 3.28. The van der Waals surface area contributed by atoms with E-state index in [1.807, 2.05) is 12.1 Å². The third-order valence-corrected chi connectivity index (χ3v) is 5.10. The van der Waals surface area contributed by atoms with Crippen LogP contribution < -0.4 is 10.2 Å². The normalized spacial score (nSPS) is 14.0. The van der Waals surface area contributed by atoms with E-state index in [4.69, 9.17) is 0 Å². The van der Waals surface area contributed by atoms with Gasteiger partial charge < -0.3 is 15.1 Å². The van der Waals surface area contributed by atoms with Crippen molar-refractivity contribution < 1.29 is 13.6 Å². The van der Waals surface area contributed by atoms with Crippen molar-refractivity contribution in [1.29, 1.82) is 0 Å². The first-order valence-corrected chi connectivity index (χ1v) is 9.66. The summed E-state index contributed by atoms with van der Waals surface area (Å²) in [5, 5.41) is 11.3. The highest BCUT2D eigenvalue weighted by Crippen LogP contribution is 2.20. The molecule has 4 rings (SSSR count). The summed E-state index contributed by atoms with van der Waals surface area (Å²) in [7, 11) is 0. The number of anilines is 2. The first-order valence-electron chi connectivity index (χ1n) is 9.66. The summed E-state index contributed by atoms with van der Waals surface area (Å²) in [5.74, 6) is 0.0829. The van der Waals surface area contributed by atoms with Crippen molar-refractivity contribution in [1.82, 2.24) is 15.1 Å². The molecule has 0 bridgehead atoms. The quantitative estimate of drug-likeness (QED) is 0.708. The van der Waals surface area contributed by atoms with Gasteiger partial charge in [-0.15, -0.1) is 10.2 Å². The minimum absolute atomic E-state index is 0.254. The summed E-state index contributed by atoms with van der Waals surface area (Å²) in [5.41, 5.74) is 2.44.